The SMILES string of the molecule is CC/C=C\C/C=C\C/C=C\C/C=C\C/C=C\C/C=C\CCCCCCCOCC(COP(=O)(O)OCC[N+](C)(C)C)OC(=O)CCCCCC/C=C\C/C=C\C/C=C\C/C=C\CC. The van der Waals surface area contributed by atoms with Crippen LogP contribution in [0.15, 0.2) is 122 Å². The molecule has 0 fully saturated rings. The molecule has 0 saturated carbocycles. The van der Waals surface area contributed by atoms with Gasteiger partial charge in [0.1, 0.15) is 19.3 Å². The van der Waals surface area contributed by atoms with Crippen molar-refractivity contribution < 1.29 is 37.3 Å². The molecule has 0 aromatic heterocycles. The molecule has 0 aromatic rings. The van der Waals surface area contributed by atoms with Crippen LogP contribution < -0.4 is 0 Å². The average molecular weight is 897 g/mol. The van der Waals surface area contributed by atoms with Gasteiger partial charge in [-0.05, 0) is 103 Å². The topological polar surface area (TPSA) is 91.3 Å². The van der Waals surface area contributed by atoms with Crippen LogP contribution >= 0.6 is 7.82 Å². The number of carbonyl (C=O) groups excluding carboxylic acids is 1. The van der Waals surface area contributed by atoms with Crippen LogP contribution in [0.5, 0.6) is 0 Å². The Kier molecular flexibility index (Phi) is 43.2. The summed E-state index contributed by atoms with van der Waals surface area (Å²) >= 11 is 0. The zero-order chi connectivity index (χ0) is 46.2. The molecule has 0 amide bonds. The molecule has 8 nitrogen and oxygen atoms in total. The number of allylic oxidation sites excluding steroid dienone is 20. The molecule has 0 bridgehead atoms. The van der Waals surface area contributed by atoms with Crippen molar-refractivity contribution in [2.24, 2.45) is 0 Å². The van der Waals surface area contributed by atoms with Crippen molar-refractivity contribution in [2.75, 3.05) is 54.1 Å². The minimum Gasteiger partial charge on any atom is -0.457 e. The summed E-state index contributed by atoms with van der Waals surface area (Å²) < 4.78 is 35.0. The van der Waals surface area contributed by atoms with E-state index in [0.29, 0.717) is 17.6 Å². The predicted octanol–water partition coefficient (Wildman–Crippen LogP) is 14.9. The Morgan fingerprint density at radius 1 is 0.492 bits per heavy atom. The summed E-state index contributed by atoms with van der Waals surface area (Å²) in [6.07, 6.45) is 65.3. The van der Waals surface area contributed by atoms with Crippen molar-refractivity contribution in [2.45, 2.75) is 161 Å². The molecular formula is C54H91NO7P+. The highest BCUT2D eigenvalue weighted by Crippen LogP contribution is 2.43. The number of hydrogen-bond acceptors (Lipinski definition) is 6. The number of phosphoric acid groups is 1. The molecule has 63 heavy (non-hydrogen) atoms. The van der Waals surface area contributed by atoms with Gasteiger partial charge in [-0.15, -0.1) is 0 Å². The standard InChI is InChI=1S/C54H90NO7P/c1-6-8-10-12-14-16-18-20-22-24-25-26-27-28-29-30-32-34-36-38-40-42-44-46-49-59-51-53(52-61-63(57,58)60-50-48-55(3,4)5)62-54(56)47-45-43-41-39-37-35-33-31-23-21-19-17-15-13-11-9-7-2/h8-11,14-17,20-23,25-26,28-29,32-35,53H,6-7,12-13,18-19,24,27,30-31,36-52H2,1-5H3/p+1/b10-8-,11-9-,16-14-,17-15-,22-20-,23-21-,26-25-,29-28-,34-32-,35-33-. The number of esters is 1. The van der Waals surface area contributed by atoms with Crippen LogP contribution in [-0.2, 0) is 27.9 Å². The molecule has 0 aromatic carbocycles. The summed E-state index contributed by atoms with van der Waals surface area (Å²) in [4.78, 5) is 23.0. The molecular weight excluding hydrogens is 806 g/mol. The van der Waals surface area contributed by atoms with E-state index < -0.39 is 13.9 Å². The Balaban J connectivity index is 4.30. The quantitative estimate of drug-likeness (QED) is 0.0214. The number of unbranched alkanes of at least 4 members (excludes halogenated alkanes) is 9. The highest BCUT2D eigenvalue weighted by molar-refractivity contribution is 7.47. The van der Waals surface area contributed by atoms with E-state index in [0.717, 1.165) is 122 Å². The summed E-state index contributed by atoms with van der Waals surface area (Å²) in [5.41, 5.74) is 0. The van der Waals surface area contributed by atoms with E-state index in [1.165, 1.54) is 12.8 Å². The molecule has 2 atom stereocenters. The predicted molar refractivity (Wildman–Crippen MR) is 270 cm³/mol. The fourth-order valence-electron chi connectivity index (χ4n) is 5.84. The van der Waals surface area contributed by atoms with E-state index in [-0.39, 0.29) is 32.2 Å². The zero-order valence-corrected chi connectivity index (χ0v) is 41.4. The third-order valence-electron chi connectivity index (χ3n) is 9.52. The molecule has 0 aliphatic rings. The first-order valence-electron chi connectivity index (χ1n) is 24.3. The van der Waals surface area contributed by atoms with Crippen LogP contribution in [0.2, 0.25) is 0 Å². The van der Waals surface area contributed by atoms with E-state index in [4.69, 9.17) is 18.5 Å². The second kappa shape index (κ2) is 45.5. The van der Waals surface area contributed by atoms with Crippen molar-refractivity contribution in [3.05, 3.63) is 122 Å². The molecule has 358 valence electrons. The smallest absolute Gasteiger partial charge is 0.457 e. The molecule has 0 radical (unpaired) electrons. The van der Waals surface area contributed by atoms with Crippen LogP contribution in [0.25, 0.3) is 0 Å². The highest BCUT2D eigenvalue weighted by atomic mass is 31.2. The molecule has 0 rings (SSSR count). The van der Waals surface area contributed by atoms with Crippen molar-refractivity contribution in [1.29, 1.82) is 0 Å². The van der Waals surface area contributed by atoms with Crippen LogP contribution in [0.3, 0.4) is 0 Å². The number of carbonyl (C=O) groups is 1. The molecule has 2 unspecified atom stereocenters. The normalized spacial score (nSPS) is 14.7. The number of ether oxygens (including phenoxy) is 2. The van der Waals surface area contributed by atoms with E-state index in [1.807, 2.05) is 21.1 Å². The number of rotatable bonds is 43. The molecule has 0 aliphatic carbocycles. The lowest BCUT2D eigenvalue weighted by Gasteiger charge is -2.24. The Hall–Kier alpha value is -3.10. The molecule has 0 aliphatic heterocycles. The average Bonchev–Trinajstić information content (AvgIpc) is 3.24. The van der Waals surface area contributed by atoms with Crippen molar-refractivity contribution in [3.63, 3.8) is 0 Å². The zero-order valence-electron chi connectivity index (χ0n) is 40.5. The van der Waals surface area contributed by atoms with E-state index in [9.17, 15) is 14.3 Å². The Morgan fingerprint density at radius 3 is 1.30 bits per heavy atom. The van der Waals surface area contributed by atoms with Crippen molar-refractivity contribution in [1.82, 2.24) is 0 Å². The lowest BCUT2D eigenvalue weighted by Crippen LogP contribution is -2.37. The van der Waals surface area contributed by atoms with Gasteiger partial charge in [0.15, 0.2) is 0 Å². The fraction of sp³-hybridized carbons (Fsp3) is 0.611. The minimum absolute atomic E-state index is 0.0713. The monoisotopic (exact) mass is 897 g/mol. The fourth-order valence-corrected chi connectivity index (χ4v) is 6.58. The first kappa shape index (κ1) is 59.9. The van der Waals surface area contributed by atoms with Gasteiger partial charge in [0.2, 0.25) is 0 Å². The van der Waals surface area contributed by atoms with Crippen LogP contribution in [0.4, 0.5) is 0 Å². The van der Waals surface area contributed by atoms with Gasteiger partial charge in [-0.25, -0.2) is 4.57 Å². The molecule has 0 spiro atoms. The number of phosphoric ester groups is 1. The van der Waals surface area contributed by atoms with E-state index in [2.05, 4.69) is 135 Å². The van der Waals surface area contributed by atoms with Gasteiger partial charge in [0.25, 0.3) is 0 Å². The minimum atomic E-state index is -4.30. The van der Waals surface area contributed by atoms with Crippen molar-refractivity contribution >= 4 is 13.8 Å². The van der Waals surface area contributed by atoms with E-state index in [1.54, 1.807) is 0 Å². The third-order valence-corrected chi connectivity index (χ3v) is 10.5. The first-order valence-corrected chi connectivity index (χ1v) is 25.8. The first-order chi connectivity index (χ1) is 30.6. The lowest BCUT2D eigenvalue weighted by atomic mass is 10.1. The lowest BCUT2D eigenvalue weighted by molar-refractivity contribution is -0.870. The van der Waals surface area contributed by atoms with Gasteiger partial charge in [0, 0.05) is 13.0 Å². The maximum Gasteiger partial charge on any atom is 0.472 e. The summed E-state index contributed by atoms with van der Waals surface area (Å²) in [7, 11) is 1.61. The number of nitrogens with zero attached hydrogens (tertiary/aromatic N) is 1. The largest absolute Gasteiger partial charge is 0.472 e. The third kappa shape index (κ3) is 49.8. The molecule has 0 saturated heterocycles. The van der Waals surface area contributed by atoms with Gasteiger partial charge < -0.3 is 18.9 Å². The highest BCUT2D eigenvalue weighted by Gasteiger charge is 2.26. The van der Waals surface area contributed by atoms with E-state index >= 15 is 0 Å². The summed E-state index contributed by atoms with van der Waals surface area (Å²) in [6.45, 7) is 5.27. The summed E-state index contributed by atoms with van der Waals surface area (Å²) in [5, 5.41) is 0. The van der Waals surface area contributed by atoms with Crippen molar-refractivity contribution in [3.8, 4) is 0 Å². The molecule has 1 N–H and O–H groups in total. The van der Waals surface area contributed by atoms with Gasteiger partial charge >= 0.3 is 13.8 Å². The number of likely N-dealkylation sites (N-methyl/N-ethyl adjacent to an activating group) is 1. The number of hydrogen-bond donors (Lipinski definition) is 1. The Bertz CT molecular complexity index is 1410. The second-order valence-electron chi connectivity index (χ2n) is 16.7. The summed E-state index contributed by atoms with van der Waals surface area (Å²) in [6, 6.07) is 0. The maximum atomic E-state index is 12.7. The molecule has 9 heteroatoms. The maximum absolute atomic E-state index is 12.7. The molecule has 0 heterocycles. The van der Waals surface area contributed by atoms with Crippen LogP contribution in [0.1, 0.15) is 155 Å². The Morgan fingerprint density at radius 2 is 0.873 bits per heavy atom. The summed E-state index contributed by atoms with van der Waals surface area (Å²) in [5.74, 6) is -0.350. The Labute approximate surface area is 386 Å². The van der Waals surface area contributed by atoms with Crippen LogP contribution in [-0.4, -0.2) is 75.6 Å². The van der Waals surface area contributed by atoms with Gasteiger partial charge in [-0.3, -0.25) is 13.8 Å². The number of quaternary nitrogens is 1. The van der Waals surface area contributed by atoms with Gasteiger partial charge in [0.05, 0.1) is 34.4 Å². The van der Waals surface area contributed by atoms with Gasteiger partial charge in [-0.1, -0.05) is 167 Å². The second-order valence-corrected chi connectivity index (χ2v) is 18.2. The van der Waals surface area contributed by atoms with Gasteiger partial charge in [-0.2, -0.15) is 0 Å². The van der Waals surface area contributed by atoms with Crippen LogP contribution in [0, 0.1) is 0 Å².